The Hall–Kier alpha value is -3.46. The number of nitrogens with one attached hydrogen (secondary N) is 2. The lowest BCUT2D eigenvalue weighted by atomic mass is 9.92. The maximum absolute atomic E-state index is 13.0. The zero-order valence-electron chi connectivity index (χ0n) is 18.2. The number of hydrogen-bond donors (Lipinski definition) is 2. The maximum Gasteiger partial charge on any atom is 0.325 e. The Morgan fingerprint density at radius 1 is 1.03 bits per heavy atom. The van der Waals surface area contributed by atoms with Crippen LogP contribution in [0, 0.1) is 0 Å². The van der Waals surface area contributed by atoms with Crippen molar-refractivity contribution in [1.82, 2.24) is 10.2 Å². The van der Waals surface area contributed by atoms with Crippen LogP contribution in [0.25, 0.3) is 0 Å². The van der Waals surface area contributed by atoms with Gasteiger partial charge in [-0.2, -0.15) is 0 Å². The van der Waals surface area contributed by atoms with Crippen molar-refractivity contribution in [2.24, 2.45) is 0 Å². The molecule has 2 aromatic rings. The second-order valence-electron chi connectivity index (χ2n) is 7.41. The van der Waals surface area contributed by atoms with E-state index in [1.54, 1.807) is 37.3 Å². The van der Waals surface area contributed by atoms with E-state index in [2.05, 4.69) is 10.6 Å². The fraction of sp³-hybridized carbons (Fsp3) is 0.318. The number of benzene rings is 2. The van der Waals surface area contributed by atoms with Gasteiger partial charge in [0.15, 0.2) is 11.5 Å². The molecule has 0 aromatic heterocycles. The lowest BCUT2D eigenvalue weighted by Gasteiger charge is -2.22. The van der Waals surface area contributed by atoms with E-state index in [9.17, 15) is 14.4 Å². The van der Waals surface area contributed by atoms with Crippen LogP contribution in [-0.2, 0) is 16.0 Å². The van der Waals surface area contributed by atoms with Crippen LogP contribution in [-0.4, -0.2) is 56.2 Å². The third-order valence-corrected chi connectivity index (χ3v) is 5.32. The number of rotatable bonds is 8. The molecule has 1 fully saturated rings. The van der Waals surface area contributed by atoms with Crippen molar-refractivity contribution in [2.45, 2.75) is 18.9 Å². The van der Waals surface area contributed by atoms with Crippen molar-refractivity contribution in [1.29, 1.82) is 0 Å². The number of halogens is 1. The zero-order valence-corrected chi connectivity index (χ0v) is 18.9. The summed E-state index contributed by atoms with van der Waals surface area (Å²) in [5.41, 5.74) is -0.121. The molecule has 32 heavy (non-hydrogen) atoms. The first-order chi connectivity index (χ1) is 15.2. The molecule has 1 aliphatic rings. The van der Waals surface area contributed by atoms with Gasteiger partial charge in [-0.15, -0.1) is 0 Å². The van der Waals surface area contributed by atoms with Crippen LogP contribution >= 0.6 is 11.6 Å². The van der Waals surface area contributed by atoms with Gasteiger partial charge in [-0.25, -0.2) is 4.79 Å². The van der Waals surface area contributed by atoms with Crippen LogP contribution in [0.4, 0.5) is 10.5 Å². The number of methoxy groups -OCH3 is 3. The van der Waals surface area contributed by atoms with Crippen molar-refractivity contribution in [3.05, 3.63) is 47.0 Å². The Kier molecular flexibility index (Phi) is 6.78. The van der Waals surface area contributed by atoms with Crippen molar-refractivity contribution in [2.75, 3.05) is 33.2 Å². The topological polar surface area (TPSA) is 106 Å². The number of nitrogens with zero attached hydrogens (tertiary/aromatic N) is 1. The zero-order chi connectivity index (χ0) is 23.5. The maximum atomic E-state index is 13.0. The highest BCUT2D eigenvalue weighted by atomic mass is 35.5. The third kappa shape index (κ3) is 4.72. The van der Waals surface area contributed by atoms with Crippen LogP contribution in [0.15, 0.2) is 36.4 Å². The Morgan fingerprint density at radius 3 is 2.34 bits per heavy atom. The second-order valence-corrected chi connectivity index (χ2v) is 7.85. The van der Waals surface area contributed by atoms with Gasteiger partial charge in [-0.3, -0.25) is 14.5 Å². The molecule has 0 spiro atoms. The van der Waals surface area contributed by atoms with Gasteiger partial charge in [0.25, 0.3) is 5.91 Å². The summed E-state index contributed by atoms with van der Waals surface area (Å²) < 4.78 is 15.7. The number of hydrogen-bond acceptors (Lipinski definition) is 6. The van der Waals surface area contributed by atoms with E-state index in [1.165, 1.54) is 27.4 Å². The predicted molar refractivity (Wildman–Crippen MR) is 119 cm³/mol. The molecule has 1 heterocycles. The molecular weight excluding hydrogens is 438 g/mol. The second kappa shape index (κ2) is 9.35. The van der Waals surface area contributed by atoms with E-state index in [1.807, 2.05) is 0 Å². The Balaban J connectivity index is 1.73. The molecule has 0 radical (unpaired) electrons. The van der Waals surface area contributed by atoms with Gasteiger partial charge in [-0.1, -0.05) is 17.7 Å². The standard InChI is InChI=1S/C22H24ClN3O6/c1-22(11-13-5-7-17(31-3)18(9-13)32-4)20(28)26(21(29)25-22)12-19(27)24-15-10-14(23)6-8-16(15)30-2/h5-10H,11-12H2,1-4H3,(H,24,27)(H,25,29)/t22-/m0/s1. The highest BCUT2D eigenvalue weighted by Gasteiger charge is 2.48. The average molecular weight is 462 g/mol. The molecule has 1 aliphatic heterocycles. The molecule has 1 atom stereocenters. The van der Waals surface area contributed by atoms with Gasteiger partial charge >= 0.3 is 6.03 Å². The summed E-state index contributed by atoms with van der Waals surface area (Å²) in [7, 11) is 4.50. The average Bonchev–Trinajstić information content (AvgIpc) is 2.96. The number of carbonyl (C=O) groups is 3. The molecule has 0 saturated carbocycles. The number of carbonyl (C=O) groups excluding carboxylic acids is 3. The van der Waals surface area contributed by atoms with E-state index >= 15 is 0 Å². The van der Waals surface area contributed by atoms with Crippen LogP contribution in [0.1, 0.15) is 12.5 Å². The van der Waals surface area contributed by atoms with Gasteiger partial charge in [0, 0.05) is 11.4 Å². The summed E-state index contributed by atoms with van der Waals surface area (Å²) in [6.45, 7) is 1.16. The fourth-order valence-corrected chi connectivity index (χ4v) is 3.69. The normalized spacial score (nSPS) is 17.7. The molecule has 170 valence electrons. The van der Waals surface area contributed by atoms with Crippen LogP contribution in [0.3, 0.4) is 0 Å². The number of anilines is 1. The minimum Gasteiger partial charge on any atom is -0.495 e. The summed E-state index contributed by atoms with van der Waals surface area (Å²) in [5.74, 6) is 0.392. The van der Waals surface area contributed by atoms with Gasteiger partial charge in [0.05, 0.1) is 27.0 Å². The lowest BCUT2D eigenvalue weighted by molar-refractivity contribution is -0.133. The molecule has 0 unspecified atom stereocenters. The van der Waals surface area contributed by atoms with Crippen LogP contribution in [0.5, 0.6) is 17.2 Å². The van der Waals surface area contributed by atoms with E-state index in [-0.39, 0.29) is 6.42 Å². The first-order valence-corrected chi connectivity index (χ1v) is 10.1. The molecule has 2 N–H and O–H groups in total. The first kappa shape index (κ1) is 23.2. The minimum absolute atomic E-state index is 0.207. The Bertz CT molecular complexity index is 1060. The molecule has 1 saturated heterocycles. The SMILES string of the molecule is COc1ccc(Cl)cc1NC(=O)CN1C(=O)N[C@@](C)(Cc2ccc(OC)c(OC)c2)C1=O. The monoisotopic (exact) mass is 461 g/mol. The number of urea groups is 1. The minimum atomic E-state index is -1.22. The van der Waals surface area contributed by atoms with Gasteiger partial charge in [-0.05, 0) is 42.8 Å². The first-order valence-electron chi connectivity index (χ1n) is 9.69. The molecule has 0 aliphatic carbocycles. The van der Waals surface area contributed by atoms with Gasteiger partial charge in [0.2, 0.25) is 5.91 Å². The molecule has 10 heteroatoms. The van der Waals surface area contributed by atoms with Crippen molar-refractivity contribution in [3.8, 4) is 17.2 Å². The lowest BCUT2D eigenvalue weighted by Crippen LogP contribution is -2.46. The summed E-state index contributed by atoms with van der Waals surface area (Å²) in [6, 6.07) is 9.34. The van der Waals surface area contributed by atoms with E-state index in [4.69, 9.17) is 25.8 Å². The molecule has 3 rings (SSSR count). The molecule has 0 bridgehead atoms. The third-order valence-electron chi connectivity index (χ3n) is 5.09. The largest absolute Gasteiger partial charge is 0.495 e. The van der Waals surface area contributed by atoms with Gasteiger partial charge < -0.3 is 24.8 Å². The number of ether oxygens (including phenoxy) is 3. The summed E-state index contributed by atoms with van der Waals surface area (Å²) in [6.07, 6.45) is 0.207. The number of imide groups is 1. The van der Waals surface area contributed by atoms with Crippen molar-refractivity contribution >= 4 is 35.1 Å². The molecule has 2 aromatic carbocycles. The van der Waals surface area contributed by atoms with Gasteiger partial charge in [0.1, 0.15) is 17.8 Å². The van der Waals surface area contributed by atoms with Crippen molar-refractivity contribution in [3.63, 3.8) is 0 Å². The number of amides is 4. The highest BCUT2D eigenvalue weighted by Crippen LogP contribution is 2.31. The smallest absolute Gasteiger partial charge is 0.325 e. The highest BCUT2D eigenvalue weighted by molar-refractivity contribution is 6.31. The van der Waals surface area contributed by atoms with E-state index < -0.39 is 29.9 Å². The van der Waals surface area contributed by atoms with E-state index in [0.717, 1.165) is 10.5 Å². The molecular formula is C22H24ClN3O6. The van der Waals surface area contributed by atoms with E-state index in [0.29, 0.717) is 28.0 Å². The van der Waals surface area contributed by atoms with Crippen LogP contribution in [0.2, 0.25) is 5.02 Å². The summed E-state index contributed by atoms with van der Waals surface area (Å²) in [4.78, 5) is 39.0. The summed E-state index contributed by atoms with van der Waals surface area (Å²) >= 11 is 5.98. The molecule has 4 amide bonds. The Morgan fingerprint density at radius 2 is 1.69 bits per heavy atom. The summed E-state index contributed by atoms with van der Waals surface area (Å²) in [5, 5.41) is 5.71. The fourth-order valence-electron chi connectivity index (χ4n) is 3.52. The Labute approximate surface area is 190 Å². The van der Waals surface area contributed by atoms with Crippen molar-refractivity contribution < 1.29 is 28.6 Å². The van der Waals surface area contributed by atoms with Crippen LogP contribution < -0.4 is 24.8 Å². The quantitative estimate of drug-likeness (QED) is 0.585. The predicted octanol–water partition coefficient (Wildman–Crippen LogP) is 2.86. The molecule has 9 nitrogen and oxygen atoms in total.